The number of nitrogens with zero attached hydrogens (tertiary/aromatic N) is 2. The highest BCUT2D eigenvalue weighted by molar-refractivity contribution is 5.79. The minimum absolute atomic E-state index is 0.0518. The Hall–Kier alpha value is -2.30. The van der Waals surface area contributed by atoms with E-state index in [-0.39, 0.29) is 5.75 Å². The Labute approximate surface area is 97.9 Å². The van der Waals surface area contributed by atoms with Crippen molar-refractivity contribution in [1.82, 2.24) is 9.78 Å². The summed E-state index contributed by atoms with van der Waals surface area (Å²) in [6.07, 6.45) is 1.55. The molecule has 0 aliphatic heterocycles. The molecule has 1 aromatic carbocycles. The fourth-order valence-corrected chi connectivity index (χ4v) is 1.81. The molecule has 1 unspecified atom stereocenters. The Balaban J connectivity index is 2.50. The zero-order valence-electron chi connectivity index (χ0n) is 9.24. The molecule has 0 amide bonds. The summed E-state index contributed by atoms with van der Waals surface area (Å²) in [6.45, 7) is 0. The van der Waals surface area contributed by atoms with Gasteiger partial charge in [0.1, 0.15) is 11.7 Å². The third kappa shape index (κ3) is 2.13. The Morgan fingerprint density at radius 3 is 2.71 bits per heavy atom. The summed E-state index contributed by atoms with van der Waals surface area (Å²) in [5, 5.41) is 22.6. The van der Waals surface area contributed by atoms with Gasteiger partial charge in [0.15, 0.2) is 0 Å². The van der Waals surface area contributed by atoms with Gasteiger partial charge in [0, 0.05) is 13.2 Å². The summed E-state index contributed by atoms with van der Waals surface area (Å²) in [6, 6.07) is 7.91. The second-order valence-electron chi connectivity index (χ2n) is 3.75. The number of aliphatic carboxylic acids is 1. The van der Waals surface area contributed by atoms with Crippen molar-refractivity contribution in [3.05, 3.63) is 47.8 Å². The molecule has 1 atom stereocenters. The van der Waals surface area contributed by atoms with Gasteiger partial charge >= 0.3 is 5.97 Å². The second kappa shape index (κ2) is 4.29. The number of rotatable bonds is 3. The number of aromatic hydroxyl groups is 1. The third-order valence-corrected chi connectivity index (χ3v) is 2.61. The third-order valence-electron chi connectivity index (χ3n) is 2.61. The highest BCUT2D eigenvalue weighted by atomic mass is 16.4. The van der Waals surface area contributed by atoms with Gasteiger partial charge in [0.2, 0.25) is 0 Å². The first-order chi connectivity index (χ1) is 8.09. The smallest absolute Gasteiger partial charge is 0.317 e. The fourth-order valence-electron chi connectivity index (χ4n) is 1.81. The van der Waals surface area contributed by atoms with Crippen molar-refractivity contribution >= 4 is 5.97 Å². The average Bonchev–Trinajstić information content (AvgIpc) is 2.65. The van der Waals surface area contributed by atoms with Crippen molar-refractivity contribution in [2.24, 2.45) is 7.05 Å². The van der Waals surface area contributed by atoms with E-state index in [2.05, 4.69) is 5.10 Å². The van der Waals surface area contributed by atoms with Gasteiger partial charge in [-0.2, -0.15) is 5.10 Å². The van der Waals surface area contributed by atoms with E-state index in [0.29, 0.717) is 11.3 Å². The van der Waals surface area contributed by atoms with E-state index in [0.717, 1.165) is 0 Å². The van der Waals surface area contributed by atoms with Crippen molar-refractivity contribution in [2.75, 3.05) is 0 Å². The van der Waals surface area contributed by atoms with Crippen LogP contribution in [0.5, 0.6) is 5.75 Å². The quantitative estimate of drug-likeness (QED) is 0.837. The molecule has 0 radical (unpaired) electrons. The number of carboxylic acids is 1. The van der Waals surface area contributed by atoms with Crippen molar-refractivity contribution < 1.29 is 15.0 Å². The number of aryl methyl sites for hydroxylation is 1. The fraction of sp³-hybridized carbons (Fsp3) is 0.167. The molecule has 0 saturated carbocycles. The van der Waals surface area contributed by atoms with E-state index < -0.39 is 11.9 Å². The lowest BCUT2D eigenvalue weighted by atomic mass is 9.95. The Morgan fingerprint density at radius 1 is 1.41 bits per heavy atom. The molecule has 2 rings (SSSR count). The van der Waals surface area contributed by atoms with Crippen molar-refractivity contribution in [3.8, 4) is 5.75 Å². The van der Waals surface area contributed by atoms with Crippen LogP contribution in [0.25, 0.3) is 0 Å². The Kier molecular flexibility index (Phi) is 2.82. The molecular weight excluding hydrogens is 220 g/mol. The van der Waals surface area contributed by atoms with Gasteiger partial charge in [-0.25, -0.2) is 0 Å². The lowest BCUT2D eigenvalue weighted by Gasteiger charge is -2.13. The van der Waals surface area contributed by atoms with Gasteiger partial charge in [-0.05, 0) is 23.8 Å². The molecule has 0 bridgehead atoms. The van der Waals surface area contributed by atoms with E-state index in [1.165, 1.54) is 16.8 Å². The maximum atomic E-state index is 11.3. The standard InChI is InChI=1S/C12H12N2O3/c1-14-10(5-6-13-14)11(12(16)17)8-3-2-4-9(15)7-8/h2-7,11,15H,1H3,(H,16,17). The van der Waals surface area contributed by atoms with Crippen LogP contribution in [0.3, 0.4) is 0 Å². The number of aromatic nitrogens is 2. The Bertz CT molecular complexity index is 548. The van der Waals surface area contributed by atoms with Gasteiger partial charge in [0.25, 0.3) is 0 Å². The van der Waals surface area contributed by atoms with Gasteiger partial charge in [-0.3, -0.25) is 9.48 Å². The molecule has 0 aliphatic rings. The largest absolute Gasteiger partial charge is 0.508 e. The van der Waals surface area contributed by atoms with E-state index in [1.807, 2.05) is 0 Å². The van der Waals surface area contributed by atoms with Crippen LogP contribution >= 0.6 is 0 Å². The lowest BCUT2D eigenvalue weighted by Crippen LogP contribution is -2.16. The summed E-state index contributed by atoms with van der Waals surface area (Å²) in [5.41, 5.74) is 1.10. The van der Waals surface area contributed by atoms with Crippen LogP contribution in [0.15, 0.2) is 36.5 Å². The van der Waals surface area contributed by atoms with Crippen LogP contribution in [-0.2, 0) is 11.8 Å². The monoisotopic (exact) mass is 232 g/mol. The SMILES string of the molecule is Cn1nccc1C(C(=O)O)c1cccc(O)c1. The van der Waals surface area contributed by atoms with E-state index >= 15 is 0 Å². The first-order valence-corrected chi connectivity index (χ1v) is 5.09. The van der Waals surface area contributed by atoms with Crippen LogP contribution < -0.4 is 0 Å². The minimum Gasteiger partial charge on any atom is -0.508 e. The van der Waals surface area contributed by atoms with E-state index in [4.69, 9.17) is 0 Å². The molecule has 1 heterocycles. The highest BCUT2D eigenvalue weighted by Gasteiger charge is 2.25. The Morgan fingerprint density at radius 2 is 2.18 bits per heavy atom. The molecule has 2 aromatic rings. The lowest BCUT2D eigenvalue weighted by molar-refractivity contribution is -0.137. The topological polar surface area (TPSA) is 75.4 Å². The molecular formula is C12H12N2O3. The number of phenolic OH excluding ortho intramolecular Hbond substituents is 1. The normalized spacial score (nSPS) is 12.3. The zero-order valence-corrected chi connectivity index (χ0v) is 9.24. The number of carboxylic acid groups (broad SMARTS) is 1. The number of phenols is 1. The second-order valence-corrected chi connectivity index (χ2v) is 3.75. The molecule has 5 nitrogen and oxygen atoms in total. The van der Waals surface area contributed by atoms with Gasteiger partial charge in [0.05, 0.1) is 5.69 Å². The van der Waals surface area contributed by atoms with Gasteiger partial charge in [-0.1, -0.05) is 12.1 Å². The van der Waals surface area contributed by atoms with Crippen LogP contribution in [0, 0.1) is 0 Å². The van der Waals surface area contributed by atoms with Gasteiger partial charge < -0.3 is 10.2 Å². The summed E-state index contributed by atoms with van der Waals surface area (Å²) >= 11 is 0. The number of hydrogen-bond acceptors (Lipinski definition) is 3. The average molecular weight is 232 g/mol. The molecule has 0 aliphatic carbocycles. The maximum absolute atomic E-state index is 11.3. The molecule has 17 heavy (non-hydrogen) atoms. The summed E-state index contributed by atoms with van der Waals surface area (Å²) in [4.78, 5) is 11.3. The van der Waals surface area contributed by atoms with Crippen LogP contribution in [0.1, 0.15) is 17.2 Å². The molecule has 0 spiro atoms. The number of carbonyl (C=O) groups is 1. The number of hydrogen-bond donors (Lipinski definition) is 2. The molecule has 2 N–H and O–H groups in total. The first-order valence-electron chi connectivity index (χ1n) is 5.09. The highest BCUT2D eigenvalue weighted by Crippen LogP contribution is 2.26. The summed E-state index contributed by atoms with van der Waals surface area (Å²) in [5.74, 6) is -1.75. The van der Waals surface area contributed by atoms with Crippen LogP contribution in [-0.4, -0.2) is 26.0 Å². The van der Waals surface area contributed by atoms with E-state index in [9.17, 15) is 15.0 Å². The molecule has 5 heteroatoms. The molecule has 88 valence electrons. The predicted molar refractivity (Wildman–Crippen MR) is 60.8 cm³/mol. The van der Waals surface area contributed by atoms with Crippen molar-refractivity contribution in [3.63, 3.8) is 0 Å². The summed E-state index contributed by atoms with van der Waals surface area (Å²) < 4.78 is 1.52. The predicted octanol–water partition coefficient (Wildman–Crippen LogP) is 1.34. The van der Waals surface area contributed by atoms with Gasteiger partial charge in [-0.15, -0.1) is 0 Å². The van der Waals surface area contributed by atoms with Crippen molar-refractivity contribution in [1.29, 1.82) is 0 Å². The number of benzene rings is 1. The zero-order chi connectivity index (χ0) is 12.4. The van der Waals surface area contributed by atoms with Crippen molar-refractivity contribution in [2.45, 2.75) is 5.92 Å². The van der Waals surface area contributed by atoms with E-state index in [1.54, 1.807) is 31.4 Å². The van der Waals surface area contributed by atoms with Crippen LogP contribution in [0.4, 0.5) is 0 Å². The molecule has 1 aromatic heterocycles. The molecule has 0 saturated heterocycles. The minimum atomic E-state index is -0.973. The van der Waals surface area contributed by atoms with Crippen LogP contribution in [0.2, 0.25) is 0 Å². The first kappa shape index (κ1) is 11.2. The molecule has 0 fully saturated rings. The summed E-state index contributed by atoms with van der Waals surface area (Å²) in [7, 11) is 1.69. The maximum Gasteiger partial charge on any atom is 0.317 e.